The van der Waals surface area contributed by atoms with Gasteiger partial charge in [-0.3, -0.25) is 0 Å². The van der Waals surface area contributed by atoms with Crippen molar-refractivity contribution in [3.05, 3.63) is 0 Å². The zero-order valence-corrected chi connectivity index (χ0v) is 12.3. The molecule has 0 aromatic heterocycles. The first-order valence-electron chi connectivity index (χ1n) is 3.62. The Bertz CT molecular complexity index is 83.9. The molecule has 6 heteroatoms. The average molecular weight is 293 g/mol. The standard InChI is InChI=1S/C6H13O4P.Cd/c1-2-3-4-9-5-6-10-11(7)8;/h2-6H2,1H3;/q-2;+2. The zero-order valence-electron chi connectivity index (χ0n) is 7.32. The third-order valence-corrected chi connectivity index (χ3v) is 1.46. The molecule has 0 N–H and O–H groups in total. The monoisotopic (exact) mass is 294 g/mol. The summed E-state index contributed by atoms with van der Waals surface area (Å²) in [5.74, 6) is 0. The largest absolute Gasteiger partial charge is 2.00 e. The molecule has 0 atom stereocenters. The van der Waals surface area contributed by atoms with Crippen molar-refractivity contribution in [1.29, 1.82) is 0 Å². The van der Waals surface area contributed by atoms with E-state index in [1.54, 1.807) is 0 Å². The van der Waals surface area contributed by atoms with Gasteiger partial charge in [-0.1, -0.05) is 13.3 Å². The zero-order chi connectivity index (χ0) is 8.53. The minimum Gasteiger partial charge on any atom is -0.820 e. The fraction of sp³-hybridized carbons (Fsp3) is 1.00. The maximum atomic E-state index is 9.85. The summed E-state index contributed by atoms with van der Waals surface area (Å²) in [7, 11) is -2.70. The van der Waals surface area contributed by atoms with Gasteiger partial charge < -0.3 is 19.0 Å². The van der Waals surface area contributed by atoms with Crippen LogP contribution in [-0.2, 0) is 36.6 Å². The molecular formula is C6H13CdO4P. The second-order valence-corrected chi connectivity index (χ2v) is 2.73. The first-order valence-corrected chi connectivity index (χ1v) is 4.72. The van der Waals surface area contributed by atoms with Crippen molar-refractivity contribution in [3.8, 4) is 0 Å². The molecule has 0 radical (unpaired) electrons. The van der Waals surface area contributed by atoms with Crippen molar-refractivity contribution in [2.24, 2.45) is 0 Å². The summed E-state index contributed by atoms with van der Waals surface area (Å²) in [6.07, 6.45) is 2.08. The molecule has 0 saturated carbocycles. The molecule has 0 rings (SSSR count). The number of hydrogen-bond acceptors (Lipinski definition) is 4. The fourth-order valence-electron chi connectivity index (χ4n) is 0.519. The quantitative estimate of drug-likeness (QED) is 0.369. The smallest absolute Gasteiger partial charge is 0.820 e. The molecule has 0 heterocycles. The molecular weight excluding hydrogens is 279 g/mol. The van der Waals surface area contributed by atoms with Gasteiger partial charge >= 0.3 is 27.3 Å². The van der Waals surface area contributed by atoms with E-state index < -0.39 is 8.60 Å². The van der Waals surface area contributed by atoms with E-state index >= 15 is 0 Å². The Morgan fingerprint density at radius 3 is 2.33 bits per heavy atom. The Balaban J connectivity index is 0. The number of hydrogen-bond donors (Lipinski definition) is 0. The molecule has 68 valence electrons. The SMILES string of the molecule is CCCCOCCOP([O-])[O-].[Cd+2]. The van der Waals surface area contributed by atoms with Gasteiger partial charge in [-0.2, -0.15) is 8.60 Å². The van der Waals surface area contributed by atoms with E-state index in [1.165, 1.54) is 0 Å². The number of ether oxygens (including phenoxy) is 1. The van der Waals surface area contributed by atoms with Crippen molar-refractivity contribution in [3.63, 3.8) is 0 Å². The predicted octanol–water partition coefficient (Wildman–Crippen LogP) is -0.235. The van der Waals surface area contributed by atoms with Gasteiger partial charge in [-0.25, -0.2) is 0 Å². The third kappa shape index (κ3) is 13.8. The van der Waals surface area contributed by atoms with Crippen molar-refractivity contribution in [1.82, 2.24) is 0 Å². The molecule has 0 aromatic rings. The molecule has 0 aliphatic carbocycles. The summed E-state index contributed by atoms with van der Waals surface area (Å²) < 4.78 is 9.28. The van der Waals surface area contributed by atoms with Crippen LogP contribution in [0.3, 0.4) is 0 Å². The fourth-order valence-corrected chi connectivity index (χ4v) is 0.743. The summed E-state index contributed by atoms with van der Waals surface area (Å²) in [6.45, 7) is 3.22. The summed E-state index contributed by atoms with van der Waals surface area (Å²) >= 11 is 0. The molecule has 0 amide bonds. The maximum absolute atomic E-state index is 9.85. The van der Waals surface area contributed by atoms with Crippen LogP contribution < -0.4 is 9.79 Å². The van der Waals surface area contributed by atoms with Crippen LogP contribution in [0.15, 0.2) is 0 Å². The van der Waals surface area contributed by atoms with Crippen LogP contribution >= 0.6 is 8.60 Å². The minimum absolute atomic E-state index is 0. The van der Waals surface area contributed by atoms with Gasteiger partial charge in [0.2, 0.25) is 0 Å². The average Bonchev–Trinajstić information content (AvgIpc) is 1.96. The van der Waals surface area contributed by atoms with Crippen LogP contribution in [0, 0.1) is 0 Å². The maximum Gasteiger partial charge on any atom is 2.00 e. The van der Waals surface area contributed by atoms with Gasteiger partial charge in [0, 0.05) is 6.61 Å². The Kier molecular flexibility index (Phi) is 15.9. The molecule has 4 nitrogen and oxygen atoms in total. The Labute approximate surface area is 94.4 Å². The van der Waals surface area contributed by atoms with Crippen molar-refractivity contribution < 1.29 is 46.3 Å². The normalized spacial score (nSPS) is 10.0. The van der Waals surface area contributed by atoms with E-state index in [9.17, 15) is 9.79 Å². The van der Waals surface area contributed by atoms with E-state index in [-0.39, 0.29) is 33.9 Å². The molecule has 0 unspecified atom stereocenters. The summed E-state index contributed by atoms with van der Waals surface area (Å²) in [5.41, 5.74) is 0. The Morgan fingerprint density at radius 1 is 1.17 bits per heavy atom. The van der Waals surface area contributed by atoms with Gasteiger partial charge in [0.15, 0.2) is 0 Å². The van der Waals surface area contributed by atoms with Crippen LogP contribution in [0.25, 0.3) is 0 Å². The molecule has 12 heavy (non-hydrogen) atoms. The van der Waals surface area contributed by atoms with Gasteiger partial charge in [0.25, 0.3) is 0 Å². The van der Waals surface area contributed by atoms with Gasteiger partial charge in [0.05, 0.1) is 13.2 Å². The van der Waals surface area contributed by atoms with E-state index in [2.05, 4.69) is 11.4 Å². The van der Waals surface area contributed by atoms with Crippen molar-refractivity contribution >= 4 is 8.60 Å². The van der Waals surface area contributed by atoms with Crippen LogP contribution in [0.4, 0.5) is 0 Å². The first kappa shape index (κ1) is 15.7. The number of unbranched alkanes of at least 4 members (excludes halogenated alkanes) is 1. The summed E-state index contributed by atoms with van der Waals surface area (Å²) in [5, 5.41) is 0. The van der Waals surface area contributed by atoms with Crippen molar-refractivity contribution in [2.75, 3.05) is 19.8 Å². The van der Waals surface area contributed by atoms with E-state index in [0.717, 1.165) is 12.8 Å². The molecule has 0 aliphatic rings. The number of rotatable bonds is 7. The van der Waals surface area contributed by atoms with Crippen LogP contribution in [0.1, 0.15) is 19.8 Å². The third-order valence-electron chi connectivity index (χ3n) is 1.07. The van der Waals surface area contributed by atoms with Gasteiger partial charge in [-0.15, -0.1) is 0 Å². The van der Waals surface area contributed by atoms with Crippen LogP contribution in [-0.4, -0.2) is 19.8 Å². The molecule has 0 bridgehead atoms. The second-order valence-electron chi connectivity index (χ2n) is 2.02. The molecule has 0 aromatic carbocycles. The summed E-state index contributed by atoms with van der Waals surface area (Å²) in [4.78, 5) is 19.7. The predicted molar refractivity (Wildman–Crippen MR) is 38.6 cm³/mol. The molecule has 0 fully saturated rings. The van der Waals surface area contributed by atoms with E-state index in [0.29, 0.717) is 13.2 Å². The van der Waals surface area contributed by atoms with Crippen LogP contribution in [0.5, 0.6) is 0 Å². The molecule has 0 spiro atoms. The first-order chi connectivity index (χ1) is 5.27. The van der Waals surface area contributed by atoms with Crippen molar-refractivity contribution in [2.45, 2.75) is 19.8 Å². The van der Waals surface area contributed by atoms with Gasteiger partial charge in [0.1, 0.15) is 0 Å². The topological polar surface area (TPSA) is 64.6 Å². The summed E-state index contributed by atoms with van der Waals surface area (Å²) in [6, 6.07) is 0. The molecule has 0 aliphatic heterocycles. The van der Waals surface area contributed by atoms with Crippen LogP contribution in [0.2, 0.25) is 0 Å². The Morgan fingerprint density at radius 2 is 1.83 bits per heavy atom. The molecule has 0 saturated heterocycles. The Hall–Kier alpha value is 1.19. The van der Waals surface area contributed by atoms with E-state index in [1.807, 2.05) is 0 Å². The second kappa shape index (κ2) is 12.2. The minimum atomic E-state index is -2.70. The van der Waals surface area contributed by atoms with E-state index in [4.69, 9.17) is 4.74 Å². The van der Waals surface area contributed by atoms with Gasteiger partial charge in [-0.05, 0) is 6.42 Å².